The van der Waals surface area contributed by atoms with Gasteiger partial charge in [0.15, 0.2) is 0 Å². The molecule has 7 nitrogen and oxygen atoms in total. The molecule has 0 spiro atoms. The summed E-state index contributed by atoms with van der Waals surface area (Å²) in [4.78, 5) is 39.0. The lowest BCUT2D eigenvalue weighted by atomic mass is 9.76. The van der Waals surface area contributed by atoms with Crippen LogP contribution in [0.2, 0.25) is 0 Å². The van der Waals surface area contributed by atoms with Crippen molar-refractivity contribution in [3.63, 3.8) is 0 Å². The number of nitrogens with zero attached hydrogens (tertiary/aromatic N) is 1. The number of carbonyl (C=O) groups excluding carboxylic acids is 1. The van der Waals surface area contributed by atoms with E-state index in [4.69, 9.17) is 4.74 Å². The number of rotatable bonds is 5. The molecule has 4 unspecified atom stereocenters. The van der Waals surface area contributed by atoms with Gasteiger partial charge in [0.05, 0.1) is 18.1 Å². The number of carboxylic acid groups (broad SMARTS) is 2. The summed E-state index contributed by atoms with van der Waals surface area (Å²) in [5.74, 6) is -5.21. The predicted octanol–water partition coefficient (Wildman–Crippen LogP) is 1.34. The molecule has 1 heterocycles. The van der Waals surface area contributed by atoms with E-state index in [0.717, 1.165) is 0 Å². The Morgan fingerprint density at radius 1 is 1.27 bits per heavy atom. The van der Waals surface area contributed by atoms with Crippen molar-refractivity contribution in [1.82, 2.24) is 0 Å². The quantitative estimate of drug-likeness (QED) is 0.741. The average molecular weight is 309 g/mol. The van der Waals surface area contributed by atoms with Gasteiger partial charge in [0.2, 0.25) is 0 Å². The van der Waals surface area contributed by atoms with E-state index in [1.165, 1.54) is 0 Å². The predicted molar refractivity (Wildman–Crippen MR) is 76.3 cm³/mol. The fourth-order valence-corrected chi connectivity index (χ4v) is 3.28. The van der Waals surface area contributed by atoms with Crippen LogP contribution in [0, 0.1) is 23.7 Å². The van der Waals surface area contributed by atoms with E-state index >= 15 is 0 Å². The second-order valence-electron chi connectivity index (χ2n) is 5.66. The van der Waals surface area contributed by atoms with Crippen LogP contribution in [0.5, 0.6) is 0 Å². The third kappa shape index (κ3) is 2.75. The first kappa shape index (κ1) is 16.2. The molecule has 1 fully saturated rings. The van der Waals surface area contributed by atoms with Crippen molar-refractivity contribution < 1.29 is 29.3 Å². The van der Waals surface area contributed by atoms with Crippen LogP contribution in [0.4, 0.5) is 0 Å². The van der Waals surface area contributed by atoms with Crippen molar-refractivity contribution in [3.05, 3.63) is 11.3 Å². The van der Waals surface area contributed by atoms with Gasteiger partial charge in [-0.3, -0.25) is 14.6 Å². The lowest BCUT2D eigenvalue weighted by Gasteiger charge is -2.29. The van der Waals surface area contributed by atoms with Crippen molar-refractivity contribution in [2.45, 2.75) is 27.2 Å². The third-order valence-corrected chi connectivity index (χ3v) is 4.26. The number of hydrogen-bond donors (Lipinski definition) is 2. The summed E-state index contributed by atoms with van der Waals surface area (Å²) in [6.45, 7) is 5.07. The van der Waals surface area contributed by atoms with Crippen molar-refractivity contribution >= 4 is 23.6 Å². The van der Waals surface area contributed by atoms with Gasteiger partial charge in [-0.1, -0.05) is 0 Å². The van der Waals surface area contributed by atoms with E-state index in [0.29, 0.717) is 17.8 Å². The number of ether oxygens (including phenoxy) is 1. The van der Waals surface area contributed by atoms with Crippen LogP contribution >= 0.6 is 0 Å². The van der Waals surface area contributed by atoms with Crippen LogP contribution in [-0.4, -0.2) is 40.4 Å². The molecule has 1 aliphatic carbocycles. The minimum atomic E-state index is -1.18. The highest BCUT2D eigenvalue weighted by Crippen LogP contribution is 2.52. The van der Waals surface area contributed by atoms with Gasteiger partial charge in [0.25, 0.3) is 0 Å². The Kier molecular flexibility index (Phi) is 4.35. The summed E-state index contributed by atoms with van der Waals surface area (Å²) in [7, 11) is 0. The molecule has 0 saturated heterocycles. The van der Waals surface area contributed by atoms with Crippen LogP contribution in [0.3, 0.4) is 0 Å². The molecular formula is C15H19NO6. The first-order valence-electron chi connectivity index (χ1n) is 7.18. The zero-order valence-corrected chi connectivity index (χ0v) is 12.7. The van der Waals surface area contributed by atoms with Gasteiger partial charge in [0, 0.05) is 17.3 Å². The molecule has 120 valence electrons. The first-order valence-corrected chi connectivity index (χ1v) is 7.18. The topological polar surface area (TPSA) is 113 Å². The van der Waals surface area contributed by atoms with Crippen LogP contribution in [0.15, 0.2) is 16.3 Å². The second kappa shape index (κ2) is 5.90. The molecule has 0 aromatic heterocycles. The van der Waals surface area contributed by atoms with Crippen molar-refractivity contribution in [2.75, 3.05) is 6.61 Å². The number of carbonyl (C=O) groups is 3. The maximum Gasteiger partial charge on any atom is 0.333 e. The van der Waals surface area contributed by atoms with E-state index in [1.54, 1.807) is 20.8 Å². The van der Waals surface area contributed by atoms with Crippen molar-refractivity contribution in [2.24, 2.45) is 28.7 Å². The lowest BCUT2D eigenvalue weighted by Crippen LogP contribution is -2.38. The van der Waals surface area contributed by atoms with Gasteiger partial charge < -0.3 is 14.9 Å². The molecule has 1 saturated carbocycles. The highest BCUT2D eigenvalue weighted by atomic mass is 16.5. The van der Waals surface area contributed by atoms with Gasteiger partial charge in [-0.2, -0.15) is 0 Å². The van der Waals surface area contributed by atoms with Gasteiger partial charge in [0.1, 0.15) is 5.92 Å². The van der Waals surface area contributed by atoms with Crippen molar-refractivity contribution in [3.8, 4) is 0 Å². The van der Waals surface area contributed by atoms with Crippen LogP contribution in [0.25, 0.3) is 0 Å². The van der Waals surface area contributed by atoms with E-state index in [1.807, 2.05) is 0 Å². The lowest BCUT2D eigenvalue weighted by molar-refractivity contribution is -0.146. The normalized spacial score (nSPS) is 30.6. The molecule has 0 amide bonds. The average Bonchev–Trinajstić information content (AvgIpc) is 3.16. The monoisotopic (exact) mass is 309 g/mol. The number of aliphatic carboxylic acids is 2. The summed E-state index contributed by atoms with van der Waals surface area (Å²) in [5, 5.41) is 18.9. The highest BCUT2D eigenvalue weighted by molar-refractivity contribution is 6.05. The van der Waals surface area contributed by atoms with E-state index in [9.17, 15) is 24.6 Å². The maximum absolute atomic E-state index is 11.8. The van der Waals surface area contributed by atoms with Crippen molar-refractivity contribution in [1.29, 1.82) is 0 Å². The third-order valence-electron chi connectivity index (χ3n) is 4.26. The Labute approximate surface area is 127 Å². The van der Waals surface area contributed by atoms with Gasteiger partial charge >= 0.3 is 17.9 Å². The molecule has 2 aliphatic rings. The Hall–Kier alpha value is -2.18. The number of aliphatic imine (C=N–C) groups is 1. The molecule has 22 heavy (non-hydrogen) atoms. The molecule has 2 N–H and O–H groups in total. The number of esters is 1. The molecule has 0 bridgehead atoms. The molecule has 0 radical (unpaired) electrons. The fourth-order valence-electron chi connectivity index (χ4n) is 3.28. The molecule has 2 rings (SSSR count). The fraction of sp³-hybridized carbons (Fsp3) is 0.600. The van der Waals surface area contributed by atoms with Crippen LogP contribution < -0.4 is 0 Å². The molecule has 7 heteroatoms. The summed E-state index contributed by atoms with van der Waals surface area (Å²) in [6, 6.07) is 0. The smallest absolute Gasteiger partial charge is 0.333 e. The summed E-state index contributed by atoms with van der Waals surface area (Å²) in [5.41, 5.74) is 0.673. The number of allylic oxidation sites excluding steroid dienone is 1. The van der Waals surface area contributed by atoms with Crippen LogP contribution in [0.1, 0.15) is 27.2 Å². The van der Waals surface area contributed by atoms with Gasteiger partial charge in [-0.15, -0.1) is 0 Å². The SMILES string of the molecule is CCOC(=O)C1CC1C1C(C(=O)O)=C(C)N=C(C)C1C(=O)O. The summed E-state index contributed by atoms with van der Waals surface area (Å²) in [6.07, 6.45) is 0.449. The standard InChI is InChI=1S/C15H19NO6/c1-4-22-15(21)9-5-8(9)12-10(13(17)18)6(2)16-7(3)11(12)14(19)20/h8-10,12H,4-5H2,1-3H3,(H,17,18)(H,19,20). The Balaban J connectivity index is 2.36. The van der Waals surface area contributed by atoms with E-state index in [2.05, 4.69) is 4.99 Å². The molecule has 0 aromatic rings. The highest BCUT2D eigenvalue weighted by Gasteiger charge is 2.56. The van der Waals surface area contributed by atoms with E-state index < -0.39 is 29.7 Å². The van der Waals surface area contributed by atoms with E-state index in [-0.39, 0.29) is 24.1 Å². The zero-order chi connectivity index (χ0) is 16.6. The zero-order valence-electron chi connectivity index (χ0n) is 12.7. The van der Waals surface area contributed by atoms with Crippen LogP contribution in [-0.2, 0) is 19.1 Å². The van der Waals surface area contributed by atoms with Gasteiger partial charge in [-0.25, -0.2) is 4.79 Å². The minimum Gasteiger partial charge on any atom is -0.481 e. The Bertz CT molecular complexity index is 591. The molecular weight excluding hydrogens is 290 g/mol. The Morgan fingerprint density at radius 2 is 1.91 bits per heavy atom. The summed E-state index contributed by atoms with van der Waals surface area (Å²) < 4.78 is 4.95. The molecule has 0 aromatic carbocycles. The molecule has 4 atom stereocenters. The summed E-state index contributed by atoms with van der Waals surface area (Å²) >= 11 is 0. The molecule has 1 aliphatic heterocycles. The first-order chi connectivity index (χ1) is 10.3. The second-order valence-corrected chi connectivity index (χ2v) is 5.66. The van der Waals surface area contributed by atoms with Gasteiger partial charge in [-0.05, 0) is 33.1 Å². The minimum absolute atomic E-state index is 0.00482. The largest absolute Gasteiger partial charge is 0.481 e. The number of hydrogen-bond acceptors (Lipinski definition) is 5. The maximum atomic E-state index is 11.8. The Morgan fingerprint density at radius 3 is 2.41 bits per heavy atom. The number of carboxylic acids is 2.